The maximum absolute atomic E-state index is 13.4. The highest BCUT2D eigenvalue weighted by molar-refractivity contribution is 6.57. The van der Waals surface area contributed by atoms with Crippen LogP contribution >= 0.6 is 0 Å². The molecule has 1 heterocycles. The fraction of sp³-hybridized carbons (Fsp3) is 0.200. The fourth-order valence-electron chi connectivity index (χ4n) is 3.68. The van der Waals surface area contributed by atoms with E-state index < -0.39 is 34.9 Å². The van der Waals surface area contributed by atoms with Crippen molar-refractivity contribution in [2.45, 2.75) is 20.8 Å². The zero-order chi connectivity index (χ0) is 25.9. The van der Waals surface area contributed by atoms with Gasteiger partial charge in [-0.3, -0.25) is 14.5 Å². The zero-order valence-electron chi connectivity index (χ0n) is 19.3. The summed E-state index contributed by atoms with van der Waals surface area (Å²) in [4.78, 5) is 59.7. The molecular formula is C25H22N4O6. The first-order valence-electron chi connectivity index (χ1n) is 10.7. The third kappa shape index (κ3) is 4.79. The molecule has 0 unspecified atom stereocenters. The van der Waals surface area contributed by atoms with Gasteiger partial charge in [-0.05, 0) is 68.8 Å². The van der Waals surface area contributed by atoms with E-state index in [2.05, 4.69) is 14.7 Å². The second-order valence-electron chi connectivity index (χ2n) is 7.56. The number of aliphatic imine (C=N–C) groups is 1. The predicted octanol–water partition coefficient (Wildman–Crippen LogP) is 3.77. The van der Waals surface area contributed by atoms with Crippen LogP contribution in [-0.2, 0) is 9.59 Å². The Balaban J connectivity index is 2.15. The van der Waals surface area contributed by atoms with E-state index in [1.807, 2.05) is 26.0 Å². The monoisotopic (exact) mass is 474 g/mol. The molecule has 178 valence electrons. The first kappa shape index (κ1) is 24.9. The van der Waals surface area contributed by atoms with Crippen molar-refractivity contribution in [2.75, 3.05) is 22.9 Å². The van der Waals surface area contributed by atoms with Gasteiger partial charge in [-0.2, -0.15) is 0 Å². The van der Waals surface area contributed by atoms with Crippen molar-refractivity contribution in [3.05, 3.63) is 76.3 Å². The summed E-state index contributed by atoms with van der Waals surface area (Å²) in [6, 6.07) is 10.0. The van der Waals surface area contributed by atoms with Crippen molar-refractivity contribution in [2.24, 2.45) is 4.99 Å². The zero-order valence-corrected chi connectivity index (χ0v) is 19.3. The molecule has 0 spiro atoms. The van der Waals surface area contributed by atoms with Gasteiger partial charge in [0.25, 0.3) is 17.5 Å². The van der Waals surface area contributed by atoms with Gasteiger partial charge in [0.15, 0.2) is 0 Å². The summed E-state index contributed by atoms with van der Waals surface area (Å²) in [5.41, 5.74) is -0.241. The predicted molar refractivity (Wildman–Crippen MR) is 129 cm³/mol. The Labute approximate surface area is 201 Å². The van der Waals surface area contributed by atoms with E-state index in [-0.39, 0.29) is 22.7 Å². The van der Waals surface area contributed by atoms with Crippen LogP contribution in [0.5, 0.6) is 0 Å². The Hall–Kier alpha value is -4.78. The molecule has 10 heteroatoms. The van der Waals surface area contributed by atoms with Crippen molar-refractivity contribution in [1.29, 1.82) is 0 Å². The Morgan fingerprint density at radius 1 is 0.971 bits per heavy atom. The van der Waals surface area contributed by atoms with E-state index in [1.54, 1.807) is 12.1 Å². The molecule has 1 aliphatic heterocycles. The maximum atomic E-state index is 13.4. The van der Waals surface area contributed by atoms with Gasteiger partial charge in [-0.25, -0.2) is 19.4 Å². The summed E-state index contributed by atoms with van der Waals surface area (Å²) in [5, 5.41) is 18.7. The van der Waals surface area contributed by atoms with Crippen LogP contribution in [0.4, 0.5) is 17.1 Å². The summed E-state index contributed by atoms with van der Waals surface area (Å²) in [5.74, 6) is -4.76. The van der Waals surface area contributed by atoms with Crippen molar-refractivity contribution < 1.29 is 29.4 Å². The van der Waals surface area contributed by atoms with Gasteiger partial charge < -0.3 is 15.1 Å². The Bertz CT molecular complexity index is 1300. The third-order valence-electron chi connectivity index (χ3n) is 5.52. The van der Waals surface area contributed by atoms with E-state index in [1.165, 1.54) is 6.92 Å². The number of amides is 2. The summed E-state index contributed by atoms with van der Waals surface area (Å²) in [6.07, 6.45) is 0. The van der Waals surface area contributed by atoms with Gasteiger partial charge in [0.1, 0.15) is 5.71 Å². The van der Waals surface area contributed by atoms with E-state index in [4.69, 9.17) is 6.57 Å². The van der Waals surface area contributed by atoms with Crippen LogP contribution in [0.15, 0.2) is 58.7 Å². The number of hydrogen-bond donors (Lipinski definition) is 2. The molecule has 2 amide bonds. The van der Waals surface area contributed by atoms with Gasteiger partial charge in [0.2, 0.25) is 0 Å². The number of carboxylic acids is 2. The van der Waals surface area contributed by atoms with E-state index >= 15 is 0 Å². The largest absolute Gasteiger partial charge is 0.478 e. The number of imide groups is 1. The molecule has 0 aliphatic carbocycles. The molecule has 35 heavy (non-hydrogen) atoms. The second-order valence-corrected chi connectivity index (χ2v) is 7.56. The number of anilines is 2. The molecule has 0 aromatic heterocycles. The molecule has 10 nitrogen and oxygen atoms in total. The Morgan fingerprint density at radius 2 is 1.51 bits per heavy atom. The van der Waals surface area contributed by atoms with E-state index in [9.17, 15) is 29.4 Å². The van der Waals surface area contributed by atoms with Gasteiger partial charge in [-0.15, -0.1) is 0 Å². The number of aromatic carboxylic acids is 2. The van der Waals surface area contributed by atoms with Gasteiger partial charge in [-0.1, -0.05) is 0 Å². The second kappa shape index (κ2) is 10.0. The minimum absolute atomic E-state index is 0.0758. The Kier molecular flexibility index (Phi) is 7.11. The summed E-state index contributed by atoms with van der Waals surface area (Å²) >= 11 is 0. The SMILES string of the molecule is [C-]#[N+]C1=C(C)C(=Nc2ccc(N(CC)CC)cc2)C(=O)N(c2cc(C(=O)O)cc(C(=O)O)c2)C1=O. The highest BCUT2D eigenvalue weighted by Crippen LogP contribution is 2.29. The summed E-state index contributed by atoms with van der Waals surface area (Å²) < 4.78 is 0. The minimum Gasteiger partial charge on any atom is -0.478 e. The first-order valence-corrected chi connectivity index (χ1v) is 10.7. The first-order chi connectivity index (χ1) is 16.6. The molecule has 3 rings (SSSR count). The molecule has 0 saturated heterocycles. The fourth-order valence-corrected chi connectivity index (χ4v) is 3.68. The molecule has 2 N–H and O–H groups in total. The number of rotatable bonds is 7. The number of nitrogens with zero attached hydrogens (tertiary/aromatic N) is 4. The van der Waals surface area contributed by atoms with Crippen LogP contribution in [0.3, 0.4) is 0 Å². The topological polar surface area (TPSA) is 132 Å². The van der Waals surface area contributed by atoms with Crippen molar-refractivity contribution in [1.82, 2.24) is 0 Å². The normalized spacial score (nSPS) is 14.8. The smallest absolute Gasteiger partial charge is 0.335 e. The molecule has 0 atom stereocenters. The van der Waals surface area contributed by atoms with E-state index in [0.717, 1.165) is 37.0 Å². The van der Waals surface area contributed by atoms with Crippen LogP contribution < -0.4 is 9.80 Å². The lowest BCUT2D eigenvalue weighted by Crippen LogP contribution is -2.46. The molecule has 2 aromatic carbocycles. The number of carbonyl (C=O) groups is 4. The summed E-state index contributed by atoms with van der Waals surface area (Å²) in [7, 11) is 0. The number of hydrogen-bond acceptors (Lipinski definition) is 6. The molecule has 0 saturated carbocycles. The average Bonchev–Trinajstić information content (AvgIpc) is 2.83. The van der Waals surface area contributed by atoms with Gasteiger partial charge in [0, 0.05) is 18.8 Å². The lowest BCUT2D eigenvalue weighted by molar-refractivity contribution is -0.121. The van der Waals surface area contributed by atoms with Crippen molar-refractivity contribution >= 4 is 46.5 Å². The van der Waals surface area contributed by atoms with Crippen LogP contribution in [0.1, 0.15) is 41.5 Å². The molecule has 1 aliphatic rings. The summed E-state index contributed by atoms with van der Waals surface area (Å²) in [6.45, 7) is 14.5. The van der Waals surface area contributed by atoms with Gasteiger partial charge >= 0.3 is 11.9 Å². The van der Waals surface area contributed by atoms with Gasteiger partial charge in [0.05, 0.1) is 29.1 Å². The van der Waals surface area contributed by atoms with Crippen LogP contribution in [-0.4, -0.2) is 52.8 Å². The standard InChI is InChI=1S/C25H22N4O6/c1-5-28(6-2)18-9-7-17(8-10-18)27-21-14(3)20(26-4)22(30)29(23(21)31)19-12-15(24(32)33)11-16(13-19)25(34)35/h7-13H,5-6H2,1-3H3,(H,32,33)(H,34,35). The van der Waals surface area contributed by atoms with Crippen molar-refractivity contribution in [3.63, 3.8) is 0 Å². The van der Waals surface area contributed by atoms with Crippen molar-refractivity contribution in [3.8, 4) is 0 Å². The van der Waals surface area contributed by atoms with Crippen LogP contribution in [0.2, 0.25) is 0 Å². The molecule has 2 aromatic rings. The number of benzene rings is 2. The quantitative estimate of drug-likeness (QED) is 0.461. The maximum Gasteiger partial charge on any atom is 0.335 e. The highest BCUT2D eigenvalue weighted by Gasteiger charge is 2.38. The molecule has 0 fully saturated rings. The third-order valence-corrected chi connectivity index (χ3v) is 5.52. The molecular weight excluding hydrogens is 452 g/mol. The Morgan fingerprint density at radius 3 is 1.97 bits per heavy atom. The minimum atomic E-state index is -1.44. The highest BCUT2D eigenvalue weighted by atomic mass is 16.4. The van der Waals surface area contributed by atoms with Crippen LogP contribution in [0, 0.1) is 6.57 Å². The lowest BCUT2D eigenvalue weighted by Gasteiger charge is -2.27. The van der Waals surface area contributed by atoms with E-state index in [0.29, 0.717) is 10.6 Å². The van der Waals surface area contributed by atoms with Crippen LogP contribution in [0.25, 0.3) is 4.85 Å². The molecule has 0 radical (unpaired) electrons. The number of carboxylic acid groups (broad SMARTS) is 2. The number of carbonyl (C=O) groups excluding carboxylic acids is 2. The average molecular weight is 474 g/mol. The lowest BCUT2D eigenvalue weighted by atomic mass is 10.0. The molecule has 0 bridgehead atoms.